The molecule has 3 atom stereocenters. The van der Waals surface area contributed by atoms with Crippen molar-refractivity contribution in [3.05, 3.63) is 23.8 Å². The van der Waals surface area contributed by atoms with E-state index in [0.29, 0.717) is 23.0 Å². The fourth-order valence-electron chi connectivity index (χ4n) is 2.85. The van der Waals surface area contributed by atoms with Gasteiger partial charge in [0.2, 0.25) is 0 Å². The minimum absolute atomic E-state index is 0.124. The van der Waals surface area contributed by atoms with Crippen LogP contribution < -0.4 is 16.8 Å². The van der Waals surface area contributed by atoms with E-state index < -0.39 is 0 Å². The number of ether oxygens (including phenoxy) is 1. The molecule has 2 aliphatic heterocycles. The van der Waals surface area contributed by atoms with Gasteiger partial charge in [-0.1, -0.05) is 0 Å². The lowest BCUT2D eigenvalue weighted by molar-refractivity contribution is 0.0841. The zero-order chi connectivity index (χ0) is 12.7. The summed E-state index contributed by atoms with van der Waals surface area (Å²) in [6.45, 7) is 0. The number of benzene rings is 1. The van der Waals surface area contributed by atoms with E-state index in [9.17, 15) is 4.79 Å². The topological polar surface area (TPSA) is 90.4 Å². The molecule has 2 fully saturated rings. The van der Waals surface area contributed by atoms with E-state index >= 15 is 0 Å². The predicted molar refractivity (Wildman–Crippen MR) is 69.0 cm³/mol. The van der Waals surface area contributed by atoms with Crippen molar-refractivity contribution >= 4 is 17.3 Å². The van der Waals surface area contributed by atoms with Crippen molar-refractivity contribution in [1.29, 1.82) is 0 Å². The summed E-state index contributed by atoms with van der Waals surface area (Å²) >= 11 is 0. The maximum absolute atomic E-state index is 12.1. The van der Waals surface area contributed by atoms with Crippen LogP contribution >= 0.6 is 0 Å². The van der Waals surface area contributed by atoms with E-state index in [0.717, 1.165) is 19.3 Å². The number of hydrogen-bond donors (Lipinski definition) is 3. The first kappa shape index (κ1) is 11.3. The van der Waals surface area contributed by atoms with Crippen molar-refractivity contribution in [1.82, 2.24) is 5.32 Å². The molecule has 3 unspecified atom stereocenters. The highest BCUT2D eigenvalue weighted by Crippen LogP contribution is 2.34. The molecule has 1 amide bonds. The van der Waals surface area contributed by atoms with Gasteiger partial charge in [0.15, 0.2) is 0 Å². The first-order valence-electron chi connectivity index (χ1n) is 6.24. The Hall–Kier alpha value is -1.75. The van der Waals surface area contributed by atoms with Gasteiger partial charge in [0.25, 0.3) is 5.91 Å². The summed E-state index contributed by atoms with van der Waals surface area (Å²) in [7, 11) is 0. The number of amides is 1. The molecular formula is C13H17N3O2. The molecule has 2 heterocycles. The lowest BCUT2D eigenvalue weighted by Crippen LogP contribution is -2.41. The number of nitrogens with two attached hydrogens (primary N) is 2. The van der Waals surface area contributed by atoms with E-state index in [1.54, 1.807) is 18.2 Å². The van der Waals surface area contributed by atoms with E-state index in [-0.39, 0.29) is 18.1 Å². The van der Waals surface area contributed by atoms with E-state index in [2.05, 4.69) is 5.32 Å². The highest BCUT2D eigenvalue weighted by atomic mass is 16.5. The first-order chi connectivity index (χ1) is 8.61. The van der Waals surface area contributed by atoms with Gasteiger partial charge in [0.05, 0.1) is 18.2 Å². The van der Waals surface area contributed by atoms with Crippen LogP contribution in [-0.4, -0.2) is 24.2 Å². The molecule has 0 aliphatic carbocycles. The summed E-state index contributed by atoms with van der Waals surface area (Å²) < 4.78 is 5.70. The minimum atomic E-state index is -0.129. The molecule has 2 aliphatic rings. The SMILES string of the molecule is Nc1cc(N)cc(C(=O)NC2CC3CCC2O3)c1. The van der Waals surface area contributed by atoms with Crippen LogP contribution in [0.1, 0.15) is 29.6 Å². The van der Waals surface area contributed by atoms with Crippen molar-refractivity contribution in [2.75, 3.05) is 11.5 Å². The predicted octanol–water partition coefficient (Wildman–Crippen LogP) is 0.901. The van der Waals surface area contributed by atoms with E-state index in [4.69, 9.17) is 16.2 Å². The molecule has 5 nitrogen and oxygen atoms in total. The lowest BCUT2D eigenvalue weighted by Gasteiger charge is -2.20. The minimum Gasteiger partial charge on any atom is -0.399 e. The van der Waals surface area contributed by atoms with Crippen molar-refractivity contribution in [3.63, 3.8) is 0 Å². The van der Waals surface area contributed by atoms with Gasteiger partial charge < -0.3 is 21.5 Å². The number of anilines is 2. The van der Waals surface area contributed by atoms with Crippen molar-refractivity contribution < 1.29 is 9.53 Å². The number of hydrogen-bond acceptors (Lipinski definition) is 4. The Labute approximate surface area is 105 Å². The summed E-state index contributed by atoms with van der Waals surface area (Å²) in [5.74, 6) is -0.129. The van der Waals surface area contributed by atoms with Gasteiger partial charge >= 0.3 is 0 Å². The maximum Gasteiger partial charge on any atom is 0.251 e. The number of nitrogen functional groups attached to an aromatic ring is 2. The summed E-state index contributed by atoms with van der Waals surface area (Å²) in [6, 6.07) is 5.04. The zero-order valence-electron chi connectivity index (χ0n) is 10.1. The molecule has 18 heavy (non-hydrogen) atoms. The number of carbonyl (C=O) groups is 1. The number of nitrogens with one attached hydrogen (secondary N) is 1. The highest BCUT2D eigenvalue weighted by Gasteiger charge is 2.41. The van der Waals surface area contributed by atoms with E-state index in [1.165, 1.54) is 0 Å². The molecule has 3 rings (SSSR count). The normalized spacial score (nSPS) is 29.4. The quantitative estimate of drug-likeness (QED) is 0.677. The van der Waals surface area contributed by atoms with Crippen molar-refractivity contribution in [2.24, 2.45) is 0 Å². The second-order valence-corrected chi connectivity index (χ2v) is 5.08. The fourth-order valence-corrected chi connectivity index (χ4v) is 2.85. The molecule has 5 heteroatoms. The number of rotatable bonds is 2. The average molecular weight is 247 g/mol. The Kier molecular flexibility index (Phi) is 2.63. The van der Waals surface area contributed by atoms with Crippen LogP contribution in [-0.2, 0) is 4.74 Å². The Morgan fingerprint density at radius 2 is 1.94 bits per heavy atom. The Bertz CT molecular complexity index is 469. The van der Waals surface area contributed by atoms with Gasteiger partial charge in [0, 0.05) is 16.9 Å². The maximum atomic E-state index is 12.1. The first-order valence-corrected chi connectivity index (χ1v) is 6.24. The second kappa shape index (κ2) is 4.17. The summed E-state index contributed by atoms with van der Waals surface area (Å²) in [5.41, 5.74) is 12.9. The molecule has 2 bridgehead atoms. The molecule has 5 N–H and O–H groups in total. The van der Waals surface area contributed by atoms with Crippen molar-refractivity contribution in [3.8, 4) is 0 Å². The summed E-state index contributed by atoms with van der Waals surface area (Å²) in [4.78, 5) is 12.1. The standard InChI is InChI=1S/C13H17N3O2/c14-8-3-7(4-9(15)5-8)13(17)16-11-6-10-1-2-12(11)18-10/h3-5,10-12H,1-2,6,14-15H2,(H,16,17). The smallest absolute Gasteiger partial charge is 0.251 e. The van der Waals surface area contributed by atoms with Crippen LogP contribution in [0.2, 0.25) is 0 Å². The summed E-state index contributed by atoms with van der Waals surface area (Å²) in [5, 5.41) is 3.01. The van der Waals surface area contributed by atoms with E-state index in [1.807, 2.05) is 0 Å². The third-order valence-electron chi connectivity index (χ3n) is 3.66. The molecule has 0 radical (unpaired) electrons. The number of carbonyl (C=O) groups excluding carboxylic acids is 1. The largest absolute Gasteiger partial charge is 0.399 e. The molecule has 96 valence electrons. The Morgan fingerprint density at radius 1 is 1.22 bits per heavy atom. The molecular weight excluding hydrogens is 230 g/mol. The van der Waals surface area contributed by atoms with Crippen LogP contribution in [0.4, 0.5) is 11.4 Å². The third-order valence-corrected chi connectivity index (χ3v) is 3.66. The third kappa shape index (κ3) is 2.01. The number of fused-ring (bicyclic) bond motifs is 2. The van der Waals surface area contributed by atoms with Gasteiger partial charge in [-0.2, -0.15) is 0 Å². The molecule has 0 spiro atoms. The second-order valence-electron chi connectivity index (χ2n) is 5.08. The van der Waals surface area contributed by atoms with Crippen LogP contribution in [0, 0.1) is 0 Å². The average Bonchev–Trinajstić information content (AvgIpc) is 2.89. The van der Waals surface area contributed by atoms with Crippen LogP contribution in [0.3, 0.4) is 0 Å². The van der Waals surface area contributed by atoms with Gasteiger partial charge in [-0.05, 0) is 37.5 Å². The van der Waals surface area contributed by atoms with Gasteiger partial charge in [-0.25, -0.2) is 0 Å². The Morgan fingerprint density at radius 3 is 2.50 bits per heavy atom. The van der Waals surface area contributed by atoms with Gasteiger partial charge in [0.1, 0.15) is 0 Å². The molecule has 2 saturated heterocycles. The van der Waals surface area contributed by atoms with Gasteiger partial charge in [-0.15, -0.1) is 0 Å². The molecule has 1 aromatic rings. The van der Waals surface area contributed by atoms with Crippen LogP contribution in [0.15, 0.2) is 18.2 Å². The molecule has 1 aromatic carbocycles. The molecule has 0 aromatic heterocycles. The van der Waals surface area contributed by atoms with Crippen molar-refractivity contribution in [2.45, 2.75) is 37.5 Å². The lowest BCUT2D eigenvalue weighted by atomic mass is 9.95. The fraction of sp³-hybridized carbons (Fsp3) is 0.462. The monoisotopic (exact) mass is 247 g/mol. The zero-order valence-corrected chi connectivity index (χ0v) is 10.1. The van der Waals surface area contributed by atoms with Crippen LogP contribution in [0.5, 0.6) is 0 Å². The van der Waals surface area contributed by atoms with Crippen LogP contribution in [0.25, 0.3) is 0 Å². The Balaban J connectivity index is 1.71. The summed E-state index contributed by atoms with van der Waals surface area (Å²) in [6.07, 6.45) is 3.56. The highest BCUT2D eigenvalue weighted by molar-refractivity contribution is 5.96. The van der Waals surface area contributed by atoms with Gasteiger partial charge in [-0.3, -0.25) is 4.79 Å². The molecule has 0 saturated carbocycles.